The molecule has 0 aliphatic rings. The normalized spacial score (nSPS) is 10.8. The quantitative estimate of drug-likeness (QED) is 0.0239. The number of hydrogen-bond acceptors (Lipinski definition) is 11. The first-order valence-electron chi connectivity index (χ1n) is 24.5. The lowest BCUT2D eigenvalue weighted by Crippen LogP contribution is -2.14. The van der Waals surface area contributed by atoms with Crippen LogP contribution in [0.5, 0.6) is 40.2 Å². The standard InChI is InChI=1S/C57H68O11/c1-4-6-8-10-12-14-16-18-20-38-63-47-30-34-51(35-31-47)65-54(58)43-22-26-49(27-23-43)67-56(60)45-40-46(42-53(41-45)62-3)57(61)68-50-28-24-44(25-29-50)55(59)66-52-36-32-48(33-37-52)64-39-21-19-17-15-13-11-9-7-5-2/h22-37,40-42H,4-21,38-39H2,1-3H3. The first-order valence-corrected chi connectivity index (χ1v) is 24.5. The Morgan fingerprint density at radius 2 is 0.574 bits per heavy atom. The number of ether oxygens (including phenoxy) is 7. The maximum absolute atomic E-state index is 13.2. The zero-order chi connectivity index (χ0) is 48.2. The Balaban J connectivity index is 1.03. The molecule has 0 radical (unpaired) electrons. The van der Waals surface area contributed by atoms with E-state index in [0.29, 0.717) is 36.2 Å². The number of carbonyl (C=O) groups excluding carboxylic acids is 4. The molecule has 0 bridgehead atoms. The Kier molecular flexibility index (Phi) is 23.0. The number of unbranched alkanes of at least 4 members (excludes halogenated alkanes) is 16. The van der Waals surface area contributed by atoms with Crippen LogP contribution in [-0.2, 0) is 0 Å². The van der Waals surface area contributed by atoms with Crippen LogP contribution in [0.2, 0.25) is 0 Å². The number of carbonyl (C=O) groups is 4. The summed E-state index contributed by atoms with van der Waals surface area (Å²) in [6.45, 7) is 5.75. The molecule has 0 N–H and O–H groups in total. The predicted molar refractivity (Wildman–Crippen MR) is 264 cm³/mol. The average molecular weight is 929 g/mol. The molecular formula is C57H68O11. The minimum Gasteiger partial charge on any atom is -0.497 e. The van der Waals surface area contributed by atoms with E-state index in [4.69, 9.17) is 33.2 Å². The van der Waals surface area contributed by atoms with Gasteiger partial charge in [-0.3, -0.25) is 0 Å². The highest BCUT2D eigenvalue weighted by atomic mass is 16.5. The van der Waals surface area contributed by atoms with Crippen LogP contribution in [0.1, 0.15) is 171 Å². The van der Waals surface area contributed by atoms with Gasteiger partial charge in [-0.15, -0.1) is 0 Å². The van der Waals surface area contributed by atoms with Crippen LogP contribution in [-0.4, -0.2) is 44.2 Å². The molecule has 5 aromatic rings. The van der Waals surface area contributed by atoms with E-state index in [1.807, 2.05) is 0 Å². The molecule has 0 unspecified atom stereocenters. The van der Waals surface area contributed by atoms with Crippen LogP contribution in [0.3, 0.4) is 0 Å². The molecule has 0 aromatic heterocycles. The van der Waals surface area contributed by atoms with Gasteiger partial charge < -0.3 is 33.2 Å². The third-order valence-corrected chi connectivity index (χ3v) is 11.3. The fraction of sp³-hybridized carbons (Fsp3) is 0.404. The van der Waals surface area contributed by atoms with E-state index >= 15 is 0 Å². The number of benzene rings is 5. The molecule has 0 amide bonds. The Morgan fingerprint density at radius 1 is 0.309 bits per heavy atom. The van der Waals surface area contributed by atoms with Crippen LogP contribution in [0.15, 0.2) is 115 Å². The van der Waals surface area contributed by atoms with Crippen molar-refractivity contribution in [1.82, 2.24) is 0 Å². The molecule has 0 aliphatic heterocycles. The van der Waals surface area contributed by atoms with Crippen LogP contribution in [0, 0.1) is 0 Å². The topological polar surface area (TPSA) is 133 Å². The van der Waals surface area contributed by atoms with E-state index in [0.717, 1.165) is 25.7 Å². The van der Waals surface area contributed by atoms with Gasteiger partial charge in [-0.2, -0.15) is 0 Å². The summed E-state index contributed by atoms with van der Waals surface area (Å²) in [6, 6.07) is 29.8. The van der Waals surface area contributed by atoms with Gasteiger partial charge in [0.05, 0.1) is 42.6 Å². The zero-order valence-electron chi connectivity index (χ0n) is 40.1. The fourth-order valence-corrected chi connectivity index (χ4v) is 7.35. The molecule has 11 heteroatoms. The second kappa shape index (κ2) is 29.9. The fourth-order valence-electron chi connectivity index (χ4n) is 7.35. The Morgan fingerprint density at radius 3 is 0.882 bits per heavy atom. The third-order valence-electron chi connectivity index (χ3n) is 11.3. The summed E-state index contributed by atoms with van der Waals surface area (Å²) in [6.07, 6.45) is 22.4. The molecule has 5 aromatic carbocycles. The highest BCUT2D eigenvalue weighted by molar-refractivity contribution is 5.98. The number of rotatable bonds is 31. The van der Waals surface area contributed by atoms with Crippen molar-refractivity contribution in [2.45, 2.75) is 129 Å². The van der Waals surface area contributed by atoms with Gasteiger partial charge >= 0.3 is 23.9 Å². The molecule has 0 atom stereocenters. The SMILES string of the molecule is CCCCCCCCCCCOc1ccc(OC(=O)c2ccc(OC(=O)c3cc(OC)cc(C(=O)Oc4ccc(C(=O)Oc5ccc(OCCCCCCCCCCC)cc5)cc4)c3)cc2)cc1. The molecule has 0 saturated heterocycles. The van der Waals surface area contributed by atoms with Gasteiger partial charge in [0.2, 0.25) is 0 Å². The van der Waals surface area contributed by atoms with E-state index in [1.165, 1.54) is 164 Å². The summed E-state index contributed by atoms with van der Waals surface area (Å²) in [7, 11) is 1.40. The molecule has 11 nitrogen and oxygen atoms in total. The van der Waals surface area contributed by atoms with Crippen molar-refractivity contribution >= 4 is 23.9 Å². The minimum absolute atomic E-state index is 0.0249. The summed E-state index contributed by atoms with van der Waals surface area (Å²) in [5, 5.41) is 0. The van der Waals surface area contributed by atoms with Crippen LogP contribution < -0.4 is 33.2 Å². The third kappa shape index (κ3) is 18.9. The van der Waals surface area contributed by atoms with Gasteiger partial charge in [0.25, 0.3) is 0 Å². The lowest BCUT2D eigenvalue weighted by atomic mass is 10.1. The molecule has 68 heavy (non-hydrogen) atoms. The first-order chi connectivity index (χ1) is 33.2. The van der Waals surface area contributed by atoms with E-state index in [9.17, 15) is 19.2 Å². The highest BCUT2D eigenvalue weighted by Crippen LogP contribution is 2.25. The smallest absolute Gasteiger partial charge is 0.343 e. The van der Waals surface area contributed by atoms with Crippen molar-refractivity contribution in [3.8, 4) is 40.2 Å². The molecule has 362 valence electrons. The van der Waals surface area contributed by atoms with Gasteiger partial charge in [-0.1, -0.05) is 117 Å². The zero-order valence-corrected chi connectivity index (χ0v) is 40.1. The summed E-state index contributed by atoms with van der Waals surface area (Å²) < 4.78 is 39.3. The number of methoxy groups -OCH3 is 1. The van der Waals surface area contributed by atoms with Crippen molar-refractivity contribution in [1.29, 1.82) is 0 Å². The van der Waals surface area contributed by atoms with Gasteiger partial charge in [0.15, 0.2) is 0 Å². The second-order valence-electron chi connectivity index (χ2n) is 16.9. The maximum atomic E-state index is 13.2. The van der Waals surface area contributed by atoms with E-state index in [-0.39, 0.29) is 39.5 Å². The lowest BCUT2D eigenvalue weighted by molar-refractivity contribution is 0.0722. The van der Waals surface area contributed by atoms with Gasteiger partial charge in [0.1, 0.15) is 40.2 Å². The van der Waals surface area contributed by atoms with Crippen molar-refractivity contribution < 1.29 is 52.3 Å². The minimum atomic E-state index is -0.771. The summed E-state index contributed by atoms with van der Waals surface area (Å²) in [4.78, 5) is 52.2. The molecule has 0 heterocycles. The predicted octanol–water partition coefficient (Wildman–Crippen LogP) is 14.4. The van der Waals surface area contributed by atoms with E-state index in [2.05, 4.69) is 13.8 Å². The first kappa shape index (κ1) is 52.4. The van der Waals surface area contributed by atoms with Gasteiger partial charge in [-0.25, -0.2) is 19.2 Å². The van der Waals surface area contributed by atoms with Crippen LogP contribution in [0.4, 0.5) is 0 Å². The summed E-state index contributed by atoms with van der Waals surface area (Å²) >= 11 is 0. The van der Waals surface area contributed by atoms with E-state index in [1.54, 1.807) is 48.5 Å². The van der Waals surface area contributed by atoms with E-state index < -0.39 is 23.9 Å². The van der Waals surface area contributed by atoms with Crippen LogP contribution >= 0.6 is 0 Å². The molecule has 5 rings (SSSR count). The lowest BCUT2D eigenvalue weighted by Gasteiger charge is -2.10. The number of esters is 4. The van der Waals surface area contributed by atoms with Crippen molar-refractivity contribution in [3.63, 3.8) is 0 Å². The highest BCUT2D eigenvalue weighted by Gasteiger charge is 2.19. The number of hydrogen-bond donors (Lipinski definition) is 0. The maximum Gasteiger partial charge on any atom is 0.343 e. The summed E-state index contributed by atoms with van der Waals surface area (Å²) in [5.41, 5.74) is 0.553. The van der Waals surface area contributed by atoms with Crippen molar-refractivity contribution in [2.24, 2.45) is 0 Å². The molecule has 0 fully saturated rings. The average Bonchev–Trinajstić information content (AvgIpc) is 3.36. The molecule has 0 spiro atoms. The monoisotopic (exact) mass is 928 g/mol. The Labute approximate surface area is 402 Å². The second-order valence-corrected chi connectivity index (χ2v) is 16.9. The molecule has 0 saturated carbocycles. The molecular weight excluding hydrogens is 861 g/mol. The Hall–Kier alpha value is -6.62. The largest absolute Gasteiger partial charge is 0.497 e. The summed E-state index contributed by atoms with van der Waals surface area (Å²) in [5.74, 6) is 0.00731. The van der Waals surface area contributed by atoms with Crippen molar-refractivity contribution in [3.05, 3.63) is 138 Å². The Bertz CT molecular complexity index is 2110. The van der Waals surface area contributed by atoms with Gasteiger partial charge in [-0.05, 0) is 128 Å². The molecule has 0 aliphatic carbocycles. The van der Waals surface area contributed by atoms with Crippen LogP contribution in [0.25, 0.3) is 0 Å². The van der Waals surface area contributed by atoms with Gasteiger partial charge in [0, 0.05) is 0 Å². The van der Waals surface area contributed by atoms with Crippen molar-refractivity contribution in [2.75, 3.05) is 20.3 Å².